The fraction of sp³-hybridized carbons (Fsp3) is 0.800. The zero-order valence-electron chi connectivity index (χ0n) is 12.1. The minimum Gasteiger partial charge on any atom is -0.361 e. The van der Waals surface area contributed by atoms with E-state index < -0.39 is 0 Å². The number of rotatable bonds is 3. The van der Waals surface area contributed by atoms with E-state index in [0.29, 0.717) is 0 Å². The molecule has 4 heteroatoms. The first-order chi connectivity index (χ1) is 9.20. The zero-order valence-corrected chi connectivity index (χ0v) is 12.1. The summed E-state index contributed by atoms with van der Waals surface area (Å²) in [6, 6.07) is 2.90. The van der Waals surface area contributed by atoms with Crippen LogP contribution in [0.25, 0.3) is 0 Å². The first-order valence-corrected chi connectivity index (χ1v) is 7.59. The molecular weight excluding hydrogens is 238 g/mol. The van der Waals surface area contributed by atoms with Crippen LogP contribution in [0.2, 0.25) is 0 Å². The van der Waals surface area contributed by atoms with Gasteiger partial charge in [-0.15, -0.1) is 0 Å². The first kappa shape index (κ1) is 13.1. The second kappa shape index (κ2) is 5.63. The van der Waals surface area contributed by atoms with Gasteiger partial charge < -0.3 is 4.52 Å². The van der Waals surface area contributed by atoms with Gasteiger partial charge in [-0.1, -0.05) is 12.1 Å². The van der Waals surface area contributed by atoms with Crippen LogP contribution in [0.4, 0.5) is 0 Å². The molecule has 106 valence electrons. The molecule has 1 aromatic rings. The lowest BCUT2D eigenvalue weighted by molar-refractivity contribution is 0.0910. The molecule has 0 unspecified atom stereocenters. The monoisotopic (exact) mass is 263 g/mol. The van der Waals surface area contributed by atoms with Gasteiger partial charge in [-0.3, -0.25) is 9.80 Å². The van der Waals surface area contributed by atoms with Gasteiger partial charge in [0.05, 0.1) is 5.69 Å². The minimum absolute atomic E-state index is 0.853. The Morgan fingerprint density at radius 2 is 2.05 bits per heavy atom. The highest BCUT2D eigenvalue weighted by Crippen LogP contribution is 2.29. The molecule has 0 spiro atoms. The van der Waals surface area contributed by atoms with Gasteiger partial charge in [0, 0.05) is 44.8 Å². The van der Waals surface area contributed by atoms with Crippen LogP contribution >= 0.6 is 0 Å². The van der Waals surface area contributed by atoms with Crippen molar-refractivity contribution < 1.29 is 4.52 Å². The predicted octanol–water partition coefficient (Wildman–Crippen LogP) is 2.29. The van der Waals surface area contributed by atoms with Crippen LogP contribution in [-0.2, 0) is 6.54 Å². The van der Waals surface area contributed by atoms with Crippen molar-refractivity contribution in [2.45, 2.75) is 45.7 Å². The Balaban J connectivity index is 1.47. The second-order valence-electron chi connectivity index (χ2n) is 6.31. The van der Waals surface area contributed by atoms with E-state index in [1.54, 1.807) is 0 Å². The van der Waals surface area contributed by atoms with Crippen LogP contribution in [0, 0.1) is 12.8 Å². The molecule has 19 heavy (non-hydrogen) atoms. The summed E-state index contributed by atoms with van der Waals surface area (Å²) in [4.78, 5) is 5.19. The van der Waals surface area contributed by atoms with Crippen LogP contribution in [0.15, 0.2) is 10.6 Å². The maximum absolute atomic E-state index is 5.13. The average molecular weight is 263 g/mol. The van der Waals surface area contributed by atoms with Gasteiger partial charge in [0.15, 0.2) is 0 Å². The highest BCUT2D eigenvalue weighted by Gasteiger charge is 2.29. The van der Waals surface area contributed by atoms with E-state index in [1.807, 2.05) is 13.0 Å². The summed E-state index contributed by atoms with van der Waals surface area (Å²) in [5, 5.41) is 4.09. The summed E-state index contributed by atoms with van der Waals surface area (Å²) < 4.78 is 5.13. The quantitative estimate of drug-likeness (QED) is 0.837. The molecule has 1 aliphatic carbocycles. The van der Waals surface area contributed by atoms with Crippen molar-refractivity contribution in [3.63, 3.8) is 0 Å². The molecule has 1 saturated heterocycles. The van der Waals surface area contributed by atoms with Crippen molar-refractivity contribution >= 4 is 0 Å². The lowest BCUT2D eigenvalue weighted by Crippen LogP contribution is -2.49. The number of aryl methyl sites for hydroxylation is 1. The summed E-state index contributed by atoms with van der Waals surface area (Å²) in [7, 11) is 0. The van der Waals surface area contributed by atoms with E-state index in [4.69, 9.17) is 4.52 Å². The fourth-order valence-corrected chi connectivity index (χ4v) is 3.52. The van der Waals surface area contributed by atoms with E-state index in [9.17, 15) is 0 Å². The van der Waals surface area contributed by atoms with Crippen molar-refractivity contribution in [3.05, 3.63) is 17.5 Å². The molecule has 2 heterocycles. The van der Waals surface area contributed by atoms with Gasteiger partial charge in [-0.05, 0) is 32.1 Å². The van der Waals surface area contributed by atoms with Crippen LogP contribution in [0.1, 0.15) is 37.6 Å². The summed E-state index contributed by atoms with van der Waals surface area (Å²) in [5.41, 5.74) is 1.07. The Labute approximate surface area is 115 Å². The van der Waals surface area contributed by atoms with Crippen molar-refractivity contribution in [1.82, 2.24) is 15.0 Å². The van der Waals surface area contributed by atoms with Crippen LogP contribution in [0.3, 0.4) is 0 Å². The molecule has 1 saturated carbocycles. The molecule has 1 aromatic heterocycles. The molecular formula is C15H25N3O. The number of aromatic nitrogens is 1. The van der Waals surface area contributed by atoms with Gasteiger partial charge in [0.2, 0.25) is 0 Å². The Hall–Kier alpha value is -0.870. The molecule has 0 N–H and O–H groups in total. The third-order valence-corrected chi connectivity index (χ3v) is 4.65. The van der Waals surface area contributed by atoms with E-state index in [1.165, 1.54) is 32.4 Å². The SMILES string of the molecule is Cc1cc(CN2CCN([C@H]3CC[C@H](C)C3)CC2)no1. The zero-order chi connectivity index (χ0) is 13.2. The van der Waals surface area contributed by atoms with Crippen molar-refractivity contribution in [3.8, 4) is 0 Å². The number of hydrogen-bond acceptors (Lipinski definition) is 4. The maximum Gasteiger partial charge on any atom is 0.133 e. The Bertz CT molecular complexity index is 409. The minimum atomic E-state index is 0.853. The third-order valence-electron chi connectivity index (χ3n) is 4.65. The third kappa shape index (κ3) is 3.18. The standard InChI is InChI=1S/C15H25N3O/c1-12-3-4-15(9-12)18-7-5-17(6-8-18)11-14-10-13(2)19-16-14/h10,12,15H,3-9,11H2,1-2H3/t12-,15-/m0/s1. The van der Waals surface area contributed by atoms with Crippen molar-refractivity contribution in [2.24, 2.45) is 5.92 Å². The Kier molecular flexibility index (Phi) is 3.89. The molecule has 2 aliphatic rings. The maximum atomic E-state index is 5.13. The van der Waals surface area contributed by atoms with Gasteiger partial charge >= 0.3 is 0 Å². The van der Waals surface area contributed by atoms with E-state index >= 15 is 0 Å². The normalized spacial score (nSPS) is 30.0. The molecule has 4 nitrogen and oxygen atoms in total. The average Bonchev–Trinajstić information content (AvgIpc) is 3.00. The molecule has 1 aliphatic heterocycles. The predicted molar refractivity (Wildman–Crippen MR) is 74.9 cm³/mol. The number of hydrogen-bond donors (Lipinski definition) is 0. The van der Waals surface area contributed by atoms with Gasteiger partial charge in [-0.25, -0.2) is 0 Å². The van der Waals surface area contributed by atoms with Crippen LogP contribution in [-0.4, -0.2) is 47.2 Å². The summed E-state index contributed by atoms with van der Waals surface area (Å²) >= 11 is 0. The Morgan fingerprint density at radius 3 is 2.63 bits per heavy atom. The molecule has 0 aromatic carbocycles. The smallest absolute Gasteiger partial charge is 0.133 e. The summed E-state index contributed by atoms with van der Waals surface area (Å²) in [6.45, 7) is 10.0. The van der Waals surface area contributed by atoms with Crippen LogP contribution < -0.4 is 0 Å². The second-order valence-corrected chi connectivity index (χ2v) is 6.31. The molecule has 3 rings (SSSR count). The molecule has 0 amide bonds. The number of piperazine rings is 1. The van der Waals surface area contributed by atoms with Crippen molar-refractivity contribution in [1.29, 1.82) is 0 Å². The summed E-state index contributed by atoms with van der Waals surface area (Å²) in [6.07, 6.45) is 4.23. The number of nitrogens with zero attached hydrogens (tertiary/aromatic N) is 3. The van der Waals surface area contributed by atoms with Crippen molar-refractivity contribution in [2.75, 3.05) is 26.2 Å². The molecule has 0 radical (unpaired) electrons. The van der Waals surface area contributed by atoms with E-state index in [-0.39, 0.29) is 0 Å². The highest BCUT2D eigenvalue weighted by molar-refractivity contribution is 5.03. The topological polar surface area (TPSA) is 32.5 Å². The summed E-state index contributed by atoms with van der Waals surface area (Å²) in [5.74, 6) is 1.84. The van der Waals surface area contributed by atoms with Crippen LogP contribution in [0.5, 0.6) is 0 Å². The van der Waals surface area contributed by atoms with Gasteiger partial charge in [0.1, 0.15) is 5.76 Å². The fourth-order valence-electron chi connectivity index (χ4n) is 3.52. The lowest BCUT2D eigenvalue weighted by Gasteiger charge is -2.37. The first-order valence-electron chi connectivity index (χ1n) is 7.59. The lowest BCUT2D eigenvalue weighted by atomic mass is 10.1. The van der Waals surface area contributed by atoms with Gasteiger partial charge in [0.25, 0.3) is 0 Å². The van der Waals surface area contributed by atoms with Gasteiger partial charge in [-0.2, -0.15) is 0 Å². The molecule has 0 bridgehead atoms. The van der Waals surface area contributed by atoms with E-state index in [2.05, 4.69) is 21.9 Å². The molecule has 2 fully saturated rings. The highest BCUT2D eigenvalue weighted by atomic mass is 16.5. The Morgan fingerprint density at radius 1 is 1.26 bits per heavy atom. The largest absolute Gasteiger partial charge is 0.361 e. The van der Waals surface area contributed by atoms with E-state index in [0.717, 1.165) is 43.0 Å². The molecule has 2 atom stereocenters.